The zero-order valence-electron chi connectivity index (χ0n) is 12.8. The molecule has 2 atom stereocenters. The first kappa shape index (κ1) is 15.5. The second-order valence-electron chi connectivity index (χ2n) is 5.71. The largest absolute Gasteiger partial charge is 0.348 e. The summed E-state index contributed by atoms with van der Waals surface area (Å²) in [5, 5.41) is 6.59. The van der Waals surface area contributed by atoms with E-state index in [1.54, 1.807) is 11.3 Å². The Balaban J connectivity index is 2.04. The van der Waals surface area contributed by atoms with Gasteiger partial charge in [0.2, 0.25) is 0 Å². The Morgan fingerprint density at radius 1 is 1.50 bits per heavy atom. The molecule has 2 rings (SSSR count). The van der Waals surface area contributed by atoms with Crippen LogP contribution in [0.15, 0.2) is 6.07 Å². The third-order valence-corrected chi connectivity index (χ3v) is 5.32. The smallest absolute Gasteiger partial charge is 0.261 e. The number of hydrogen-bond acceptors (Lipinski definition) is 3. The van der Waals surface area contributed by atoms with E-state index >= 15 is 0 Å². The molecule has 1 aromatic rings. The van der Waals surface area contributed by atoms with Gasteiger partial charge < -0.3 is 10.6 Å². The summed E-state index contributed by atoms with van der Waals surface area (Å²) in [6, 6.07) is 2.40. The van der Waals surface area contributed by atoms with E-state index in [-0.39, 0.29) is 5.91 Å². The quantitative estimate of drug-likeness (QED) is 0.876. The summed E-state index contributed by atoms with van der Waals surface area (Å²) >= 11 is 1.68. The Hall–Kier alpha value is -0.870. The first-order chi connectivity index (χ1) is 9.65. The summed E-state index contributed by atoms with van der Waals surface area (Å²) in [5.74, 6) is 0.624. The molecule has 1 aliphatic rings. The highest BCUT2D eigenvalue weighted by Gasteiger charge is 2.24. The SMILES string of the molecule is CCCc1sc(C(=O)NC2CCNCC2C)cc1CC. The number of aryl methyl sites for hydroxylation is 2. The first-order valence-electron chi connectivity index (χ1n) is 7.78. The molecule has 0 radical (unpaired) electrons. The monoisotopic (exact) mass is 294 g/mol. The van der Waals surface area contributed by atoms with Gasteiger partial charge in [0.05, 0.1) is 4.88 Å². The van der Waals surface area contributed by atoms with Crippen LogP contribution in [0.3, 0.4) is 0 Å². The summed E-state index contributed by atoms with van der Waals surface area (Å²) in [6.45, 7) is 8.55. The maximum absolute atomic E-state index is 12.4. The Labute approximate surface area is 126 Å². The van der Waals surface area contributed by atoms with Crippen LogP contribution in [0.1, 0.15) is 53.7 Å². The molecule has 20 heavy (non-hydrogen) atoms. The van der Waals surface area contributed by atoms with Gasteiger partial charge in [-0.25, -0.2) is 0 Å². The predicted molar refractivity (Wildman–Crippen MR) is 85.6 cm³/mol. The summed E-state index contributed by atoms with van der Waals surface area (Å²) in [4.78, 5) is 14.7. The van der Waals surface area contributed by atoms with Crippen molar-refractivity contribution in [1.82, 2.24) is 10.6 Å². The van der Waals surface area contributed by atoms with Gasteiger partial charge in [-0.15, -0.1) is 11.3 Å². The minimum atomic E-state index is 0.116. The molecule has 0 aromatic carbocycles. The molecule has 0 bridgehead atoms. The van der Waals surface area contributed by atoms with E-state index < -0.39 is 0 Å². The lowest BCUT2D eigenvalue weighted by Crippen LogP contribution is -2.48. The van der Waals surface area contributed by atoms with E-state index in [4.69, 9.17) is 0 Å². The van der Waals surface area contributed by atoms with Gasteiger partial charge in [-0.2, -0.15) is 0 Å². The number of carbonyl (C=O) groups is 1. The molecule has 1 amide bonds. The lowest BCUT2D eigenvalue weighted by molar-refractivity contribution is 0.0918. The van der Waals surface area contributed by atoms with Gasteiger partial charge >= 0.3 is 0 Å². The minimum absolute atomic E-state index is 0.116. The fourth-order valence-electron chi connectivity index (χ4n) is 2.78. The molecule has 0 saturated carbocycles. The van der Waals surface area contributed by atoms with E-state index in [1.165, 1.54) is 10.4 Å². The Morgan fingerprint density at radius 2 is 2.30 bits per heavy atom. The van der Waals surface area contributed by atoms with Crippen molar-refractivity contribution in [2.75, 3.05) is 13.1 Å². The molecule has 2 heterocycles. The fourth-order valence-corrected chi connectivity index (χ4v) is 4.04. The molecule has 112 valence electrons. The summed E-state index contributed by atoms with van der Waals surface area (Å²) in [7, 11) is 0. The van der Waals surface area contributed by atoms with Gasteiger partial charge in [-0.3, -0.25) is 4.79 Å². The van der Waals surface area contributed by atoms with Crippen molar-refractivity contribution in [3.8, 4) is 0 Å². The van der Waals surface area contributed by atoms with Crippen LogP contribution < -0.4 is 10.6 Å². The van der Waals surface area contributed by atoms with E-state index in [9.17, 15) is 4.79 Å². The molecule has 1 aromatic heterocycles. The van der Waals surface area contributed by atoms with E-state index in [0.717, 1.165) is 43.6 Å². The van der Waals surface area contributed by atoms with Crippen LogP contribution in [-0.2, 0) is 12.8 Å². The van der Waals surface area contributed by atoms with Gasteiger partial charge in [0.15, 0.2) is 0 Å². The van der Waals surface area contributed by atoms with E-state index in [0.29, 0.717) is 12.0 Å². The molecule has 1 saturated heterocycles. The summed E-state index contributed by atoms with van der Waals surface area (Å²) in [6.07, 6.45) is 4.27. The number of nitrogens with one attached hydrogen (secondary N) is 2. The van der Waals surface area contributed by atoms with E-state index in [1.807, 2.05) is 0 Å². The van der Waals surface area contributed by atoms with Crippen LogP contribution in [0.5, 0.6) is 0 Å². The second kappa shape index (κ2) is 7.23. The molecule has 1 aliphatic heterocycles. The van der Waals surface area contributed by atoms with Crippen molar-refractivity contribution in [2.24, 2.45) is 5.92 Å². The lowest BCUT2D eigenvalue weighted by atomic mass is 9.95. The average Bonchev–Trinajstić information content (AvgIpc) is 2.85. The highest BCUT2D eigenvalue weighted by Crippen LogP contribution is 2.25. The van der Waals surface area contributed by atoms with Gasteiger partial charge in [-0.05, 0) is 49.9 Å². The van der Waals surface area contributed by atoms with Gasteiger partial charge in [0.25, 0.3) is 5.91 Å². The van der Waals surface area contributed by atoms with Crippen LogP contribution >= 0.6 is 11.3 Å². The highest BCUT2D eigenvalue weighted by molar-refractivity contribution is 7.14. The van der Waals surface area contributed by atoms with Crippen molar-refractivity contribution < 1.29 is 4.79 Å². The van der Waals surface area contributed by atoms with Crippen molar-refractivity contribution in [2.45, 2.75) is 52.5 Å². The van der Waals surface area contributed by atoms with Crippen molar-refractivity contribution in [3.63, 3.8) is 0 Å². The molecule has 3 nitrogen and oxygen atoms in total. The van der Waals surface area contributed by atoms with Crippen LogP contribution in [0.2, 0.25) is 0 Å². The zero-order valence-corrected chi connectivity index (χ0v) is 13.6. The normalized spacial score (nSPS) is 22.8. The minimum Gasteiger partial charge on any atom is -0.348 e. The van der Waals surface area contributed by atoms with Crippen LogP contribution in [0, 0.1) is 5.92 Å². The zero-order chi connectivity index (χ0) is 14.5. The van der Waals surface area contributed by atoms with Crippen LogP contribution in [0.4, 0.5) is 0 Å². The van der Waals surface area contributed by atoms with E-state index in [2.05, 4.69) is 37.5 Å². The predicted octanol–water partition coefficient (Wildman–Crippen LogP) is 2.99. The maximum atomic E-state index is 12.4. The second-order valence-corrected chi connectivity index (χ2v) is 6.85. The highest BCUT2D eigenvalue weighted by atomic mass is 32.1. The summed E-state index contributed by atoms with van der Waals surface area (Å²) in [5.41, 5.74) is 1.35. The molecular weight excluding hydrogens is 268 g/mol. The van der Waals surface area contributed by atoms with Crippen molar-refractivity contribution >= 4 is 17.2 Å². The molecule has 0 aliphatic carbocycles. The topological polar surface area (TPSA) is 41.1 Å². The Morgan fingerprint density at radius 3 is 2.95 bits per heavy atom. The molecular formula is C16H26N2OS. The molecule has 2 N–H and O–H groups in total. The number of hydrogen-bond donors (Lipinski definition) is 2. The Bertz CT molecular complexity index is 455. The molecule has 0 spiro atoms. The lowest BCUT2D eigenvalue weighted by Gasteiger charge is -2.30. The number of amides is 1. The standard InChI is InChI=1S/C16H26N2OS/c1-4-6-14-12(5-2)9-15(20-14)16(19)18-13-7-8-17-10-11(13)3/h9,11,13,17H,4-8,10H2,1-3H3,(H,18,19). The molecule has 1 fully saturated rings. The number of carbonyl (C=O) groups excluding carboxylic acids is 1. The molecule has 4 heteroatoms. The van der Waals surface area contributed by atoms with Crippen LogP contribution in [-0.4, -0.2) is 25.0 Å². The maximum Gasteiger partial charge on any atom is 0.261 e. The third-order valence-electron chi connectivity index (χ3n) is 4.08. The number of rotatable bonds is 5. The average molecular weight is 294 g/mol. The van der Waals surface area contributed by atoms with Crippen LogP contribution in [0.25, 0.3) is 0 Å². The van der Waals surface area contributed by atoms with Gasteiger partial charge in [0.1, 0.15) is 0 Å². The number of piperidine rings is 1. The Kier molecular flexibility index (Phi) is 5.61. The third kappa shape index (κ3) is 3.61. The number of thiophene rings is 1. The summed E-state index contributed by atoms with van der Waals surface area (Å²) < 4.78 is 0. The first-order valence-corrected chi connectivity index (χ1v) is 8.60. The van der Waals surface area contributed by atoms with Crippen molar-refractivity contribution in [1.29, 1.82) is 0 Å². The van der Waals surface area contributed by atoms with Crippen molar-refractivity contribution in [3.05, 3.63) is 21.4 Å². The fraction of sp³-hybridized carbons (Fsp3) is 0.688. The van der Waals surface area contributed by atoms with Gasteiger partial charge in [0, 0.05) is 10.9 Å². The van der Waals surface area contributed by atoms with Gasteiger partial charge in [-0.1, -0.05) is 27.2 Å². The molecule has 2 unspecified atom stereocenters.